The van der Waals surface area contributed by atoms with Gasteiger partial charge >= 0.3 is 0 Å². The van der Waals surface area contributed by atoms with Gasteiger partial charge in [0.05, 0.1) is 96.7 Å². The van der Waals surface area contributed by atoms with Crippen molar-refractivity contribution in [1.82, 2.24) is 39.1 Å². The number of rotatable bonds is 8. The topological polar surface area (TPSA) is 145 Å². The highest BCUT2D eigenvalue weighted by molar-refractivity contribution is 5.67. The van der Waals surface area contributed by atoms with E-state index in [2.05, 4.69) is 135 Å². The molecular formula is C102H96F4N8O8. The maximum atomic E-state index is 13.4. The minimum Gasteiger partial charge on any atom is -0.346 e. The molecule has 16 nitrogen and oxygen atoms in total. The summed E-state index contributed by atoms with van der Waals surface area (Å²) in [6.45, 7) is 15.6. The van der Waals surface area contributed by atoms with Gasteiger partial charge in [0.1, 0.15) is 46.7 Å². The van der Waals surface area contributed by atoms with Crippen LogP contribution in [-0.2, 0) is 74.8 Å². The normalized spacial score (nSPS) is 30.6. The van der Waals surface area contributed by atoms with Crippen molar-refractivity contribution in [3.8, 4) is 22.7 Å². The summed E-state index contributed by atoms with van der Waals surface area (Å²) in [5.41, 5.74) is 20.5. The second-order valence-electron chi connectivity index (χ2n) is 36.1. The molecule has 8 fully saturated rings. The second kappa shape index (κ2) is 29.3. The molecule has 20 heteroatoms. The standard InChI is InChI=1S/2C26H25FN2O2.2C25H23FN2O2/c2*1-24-15-18-16-28-29(22-10-8-21(27)9-11-22)23(18)14-20(24)12-13-26(24)30-17-25(2,31-26)19-6-4-3-5-7-19;2*1-24-14-18-15-27-28(21-9-7-20(26)8-10-21)22(18)13-19(24)11-12-25(24)29-16-23(30-25)17-5-3-2-4-6-17/h2*3-11,14,16H,12-13,15,17H2,1-2H3;2*2-10,13,15,23H,11-12,14,16H2,1H3/t24-,25+,26+;24-,25-,26+;23-,24+,25+;23-,24+,25-/m0011/s1. The molecule has 12 atom stereocenters. The Balaban J connectivity index is 0.000000100. The average Bonchev–Trinajstić information content (AvgIpc) is 1.52. The van der Waals surface area contributed by atoms with Gasteiger partial charge in [-0.1, -0.05) is 171 Å². The summed E-state index contributed by atoms with van der Waals surface area (Å²) < 4.78 is 114. The number of hydrogen-bond acceptors (Lipinski definition) is 12. The first-order valence-corrected chi connectivity index (χ1v) is 42.7. The summed E-state index contributed by atoms with van der Waals surface area (Å²) in [4.78, 5) is 0. The number of hydrogen-bond donors (Lipinski definition) is 0. The molecule has 4 saturated carbocycles. The summed E-state index contributed by atoms with van der Waals surface area (Å²) in [7, 11) is 0. The molecule has 4 aromatic heterocycles. The molecule has 8 aliphatic carbocycles. The van der Waals surface area contributed by atoms with Crippen LogP contribution in [0.3, 0.4) is 0 Å². The van der Waals surface area contributed by atoms with Crippen LogP contribution in [0, 0.1) is 44.9 Å². The molecule has 12 aromatic rings. The third-order valence-corrected chi connectivity index (χ3v) is 29.0. The van der Waals surface area contributed by atoms with Crippen LogP contribution in [0.15, 0.2) is 265 Å². The van der Waals surface area contributed by atoms with Gasteiger partial charge < -0.3 is 37.9 Å². The summed E-state index contributed by atoms with van der Waals surface area (Å²) in [6.07, 6.45) is 27.0. The highest BCUT2D eigenvalue weighted by Crippen LogP contribution is 2.66. The molecule has 620 valence electrons. The third-order valence-electron chi connectivity index (χ3n) is 29.0. The first-order chi connectivity index (χ1) is 59.0. The number of ether oxygens (including phenoxy) is 8. The smallest absolute Gasteiger partial charge is 0.179 e. The first kappa shape index (κ1) is 78.2. The van der Waals surface area contributed by atoms with Crippen LogP contribution in [0.5, 0.6) is 0 Å². The quantitative estimate of drug-likeness (QED) is 0.134. The summed E-state index contributed by atoms with van der Waals surface area (Å²) in [5, 5.41) is 18.4. The lowest BCUT2D eigenvalue weighted by atomic mass is 9.72. The van der Waals surface area contributed by atoms with Crippen molar-refractivity contribution < 1.29 is 55.5 Å². The monoisotopic (exact) mass is 1640 g/mol. The molecule has 8 heterocycles. The zero-order valence-corrected chi connectivity index (χ0v) is 69.2. The van der Waals surface area contributed by atoms with E-state index in [-0.39, 0.29) is 57.1 Å². The highest BCUT2D eigenvalue weighted by atomic mass is 19.1. The molecule has 0 bridgehead atoms. The van der Waals surface area contributed by atoms with Crippen molar-refractivity contribution in [2.45, 2.75) is 165 Å². The van der Waals surface area contributed by atoms with Crippen LogP contribution in [0.1, 0.15) is 172 Å². The fourth-order valence-electron chi connectivity index (χ4n) is 21.9. The van der Waals surface area contributed by atoms with E-state index in [1.54, 1.807) is 48.5 Å². The Labute approximate surface area is 707 Å². The maximum absolute atomic E-state index is 13.4. The second-order valence-corrected chi connectivity index (χ2v) is 36.1. The number of benzene rings is 8. The predicted octanol–water partition coefficient (Wildman–Crippen LogP) is 21.3. The Hall–Kier alpha value is -11.0. The molecule has 4 saturated heterocycles. The summed E-state index contributed by atoms with van der Waals surface area (Å²) >= 11 is 0. The number of nitrogens with zero attached hydrogens (tertiary/aromatic N) is 8. The van der Waals surface area contributed by atoms with E-state index in [0.717, 1.165) is 156 Å². The lowest BCUT2D eigenvalue weighted by molar-refractivity contribution is -0.233. The van der Waals surface area contributed by atoms with Crippen LogP contribution < -0.4 is 0 Å². The molecule has 0 amide bonds. The van der Waals surface area contributed by atoms with Crippen LogP contribution in [-0.4, -0.2) is 88.7 Å². The molecule has 0 unspecified atom stereocenters. The van der Waals surface area contributed by atoms with Crippen molar-refractivity contribution in [2.24, 2.45) is 21.7 Å². The number of halogens is 4. The summed E-state index contributed by atoms with van der Waals surface area (Å²) in [5.74, 6) is -3.46. The van der Waals surface area contributed by atoms with Crippen LogP contribution >= 0.6 is 0 Å². The average molecular weight is 1640 g/mol. The van der Waals surface area contributed by atoms with Crippen molar-refractivity contribution in [1.29, 1.82) is 0 Å². The van der Waals surface area contributed by atoms with Crippen LogP contribution in [0.4, 0.5) is 17.6 Å². The molecule has 0 N–H and O–H groups in total. The SMILES string of the molecule is C[C@]1(c2ccccc2)CO[C@]2(CCC3=Cc4c(cnn4-c4ccc(F)cc4)C[C@@]32C)O1.C[C@]12Cc3cnn(-c4ccc(F)cc4)c3C=C1CC[C@@]21OC[C@H](c2ccccc2)O1.C[C@]12Cc3cnn(-c4ccc(F)cc4)c3C=C1CC[C@]21OC[C@@](C)(c2ccccc2)O1.C[C@]12Cc3cnn(-c4ccc(F)cc4)c3C=C1CC[C@]21OC[C@H](c2ccccc2)O1. The minimum atomic E-state index is -0.640. The fourth-order valence-corrected chi connectivity index (χ4v) is 21.9. The zero-order valence-electron chi connectivity index (χ0n) is 69.2. The van der Waals surface area contributed by atoms with Crippen molar-refractivity contribution in [3.63, 3.8) is 0 Å². The van der Waals surface area contributed by atoms with Gasteiger partial charge in [-0.3, -0.25) is 0 Å². The van der Waals surface area contributed by atoms with Crippen LogP contribution in [0.25, 0.3) is 47.1 Å². The van der Waals surface area contributed by atoms with E-state index in [0.29, 0.717) is 26.4 Å². The van der Waals surface area contributed by atoms with Gasteiger partial charge in [-0.2, -0.15) is 20.4 Å². The van der Waals surface area contributed by atoms with Crippen LogP contribution in [0.2, 0.25) is 0 Å². The molecule has 4 spiro atoms. The van der Waals surface area contributed by atoms with E-state index in [1.807, 2.05) is 116 Å². The van der Waals surface area contributed by atoms with Gasteiger partial charge in [-0.05, 0) is 231 Å². The van der Waals surface area contributed by atoms with Gasteiger partial charge in [0.25, 0.3) is 0 Å². The van der Waals surface area contributed by atoms with Crippen molar-refractivity contribution in [3.05, 3.63) is 356 Å². The molecule has 4 aliphatic heterocycles. The lowest BCUT2D eigenvalue weighted by Crippen LogP contribution is -2.47. The molecule has 0 radical (unpaired) electrons. The van der Waals surface area contributed by atoms with E-state index >= 15 is 0 Å². The van der Waals surface area contributed by atoms with Crippen molar-refractivity contribution in [2.75, 3.05) is 26.4 Å². The lowest BCUT2D eigenvalue weighted by Gasteiger charge is -2.42. The van der Waals surface area contributed by atoms with Gasteiger partial charge in [-0.25, -0.2) is 36.3 Å². The van der Waals surface area contributed by atoms with E-state index in [4.69, 9.17) is 37.9 Å². The van der Waals surface area contributed by atoms with Crippen molar-refractivity contribution >= 4 is 24.3 Å². The summed E-state index contributed by atoms with van der Waals surface area (Å²) in [6, 6.07) is 67.2. The predicted molar refractivity (Wildman–Crippen MR) is 455 cm³/mol. The third kappa shape index (κ3) is 12.6. The number of aromatic nitrogens is 8. The first-order valence-electron chi connectivity index (χ1n) is 42.7. The minimum absolute atomic E-state index is 0.0364. The van der Waals surface area contributed by atoms with Gasteiger partial charge in [0.15, 0.2) is 23.1 Å². The molecule has 8 aromatic carbocycles. The number of fused-ring (bicyclic) bond motifs is 12. The Morgan fingerprint density at radius 3 is 0.836 bits per heavy atom. The van der Waals surface area contributed by atoms with E-state index in [9.17, 15) is 17.6 Å². The Morgan fingerprint density at radius 2 is 0.557 bits per heavy atom. The van der Waals surface area contributed by atoms with E-state index < -0.39 is 34.4 Å². The van der Waals surface area contributed by atoms with Gasteiger partial charge in [0, 0.05) is 47.3 Å². The molecular weight excluding hydrogens is 1540 g/mol. The molecule has 122 heavy (non-hydrogen) atoms. The Bertz CT molecular complexity index is 5760. The molecule has 24 rings (SSSR count). The Morgan fingerprint density at radius 1 is 0.303 bits per heavy atom. The fraction of sp³-hybridized carbons (Fsp3) is 0.333. The highest BCUT2D eigenvalue weighted by Gasteiger charge is 2.68. The van der Waals surface area contributed by atoms with E-state index in [1.165, 1.54) is 82.0 Å². The van der Waals surface area contributed by atoms with Gasteiger partial charge in [-0.15, -0.1) is 0 Å². The van der Waals surface area contributed by atoms with Gasteiger partial charge in [0.2, 0.25) is 0 Å². The zero-order chi connectivity index (χ0) is 83.2. The molecule has 12 aliphatic rings. The maximum Gasteiger partial charge on any atom is 0.179 e. The Kier molecular flexibility index (Phi) is 18.8. The largest absolute Gasteiger partial charge is 0.346 e.